The third-order valence-electron chi connectivity index (χ3n) is 4.18. The lowest BCUT2D eigenvalue weighted by molar-refractivity contribution is 0.0837. The number of likely N-dealkylation sites (tertiary alicyclic amines) is 1. The molecule has 2 atom stereocenters. The minimum atomic E-state index is -0.773. The fraction of sp³-hybridized carbons (Fsp3) is 0.562. The van der Waals surface area contributed by atoms with E-state index in [2.05, 4.69) is 11.8 Å². The summed E-state index contributed by atoms with van der Waals surface area (Å²) in [5.41, 5.74) is -0.0174. The van der Waals surface area contributed by atoms with Crippen molar-refractivity contribution >= 4 is 5.78 Å². The van der Waals surface area contributed by atoms with Crippen LogP contribution in [-0.2, 0) is 0 Å². The van der Waals surface area contributed by atoms with Crippen molar-refractivity contribution in [2.24, 2.45) is 5.92 Å². The predicted octanol–water partition coefficient (Wildman–Crippen LogP) is 3.66. The standard InChI is InChI=1S/C16H21F2NO/c1-11-4-3-8-19(9-7-11)12(2)16(20)14-6-5-13(17)10-15(14)18/h5-6,10-12H,3-4,7-9H2,1-2H3. The van der Waals surface area contributed by atoms with E-state index in [9.17, 15) is 13.6 Å². The first-order chi connectivity index (χ1) is 9.49. The molecular weight excluding hydrogens is 260 g/mol. The molecule has 0 spiro atoms. The average molecular weight is 281 g/mol. The summed E-state index contributed by atoms with van der Waals surface area (Å²) in [6, 6.07) is 2.78. The molecule has 0 bridgehead atoms. The van der Waals surface area contributed by atoms with Gasteiger partial charge in [-0.1, -0.05) is 6.92 Å². The van der Waals surface area contributed by atoms with Gasteiger partial charge in [-0.05, 0) is 57.3 Å². The van der Waals surface area contributed by atoms with E-state index < -0.39 is 11.6 Å². The topological polar surface area (TPSA) is 20.3 Å². The van der Waals surface area contributed by atoms with Crippen molar-refractivity contribution in [2.75, 3.05) is 13.1 Å². The van der Waals surface area contributed by atoms with E-state index in [4.69, 9.17) is 0 Å². The Hall–Kier alpha value is -1.29. The van der Waals surface area contributed by atoms with Crippen molar-refractivity contribution in [2.45, 2.75) is 39.2 Å². The first kappa shape index (κ1) is 15.1. The van der Waals surface area contributed by atoms with Gasteiger partial charge in [0.25, 0.3) is 0 Å². The van der Waals surface area contributed by atoms with Crippen LogP contribution >= 0.6 is 0 Å². The Morgan fingerprint density at radius 3 is 2.75 bits per heavy atom. The minimum Gasteiger partial charge on any atom is -0.293 e. The number of rotatable bonds is 3. The van der Waals surface area contributed by atoms with Gasteiger partial charge in [-0.3, -0.25) is 9.69 Å². The monoisotopic (exact) mass is 281 g/mol. The molecule has 2 rings (SSSR count). The maximum atomic E-state index is 13.7. The van der Waals surface area contributed by atoms with Crippen molar-refractivity contribution < 1.29 is 13.6 Å². The van der Waals surface area contributed by atoms with Crippen molar-refractivity contribution in [3.05, 3.63) is 35.4 Å². The lowest BCUT2D eigenvalue weighted by Crippen LogP contribution is -2.40. The first-order valence-electron chi connectivity index (χ1n) is 7.22. The third-order valence-corrected chi connectivity index (χ3v) is 4.18. The Balaban J connectivity index is 2.11. The number of hydrogen-bond acceptors (Lipinski definition) is 2. The van der Waals surface area contributed by atoms with Crippen LogP contribution in [0.2, 0.25) is 0 Å². The van der Waals surface area contributed by atoms with Crippen molar-refractivity contribution in [3.8, 4) is 0 Å². The second-order valence-electron chi connectivity index (χ2n) is 5.74. The SMILES string of the molecule is CC1CCCN(C(C)C(=O)c2ccc(F)cc2F)CC1. The number of hydrogen-bond donors (Lipinski definition) is 0. The van der Waals surface area contributed by atoms with Crippen molar-refractivity contribution in [1.29, 1.82) is 0 Å². The fourth-order valence-corrected chi connectivity index (χ4v) is 2.75. The smallest absolute Gasteiger partial charge is 0.182 e. The Kier molecular flexibility index (Phi) is 4.86. The molecule has 1 aromatic rings. The molecule has 1 aliphatic heterocycles. The van der Waals surface area contributed by atoms with E-state index in [1.54, 1.807) is 6.92 Å². The van der Waals surface area contributed by atoms with Gasteiger partial charge in [0, 0.05) is 6.07 Å². The molecule has 20 heavy (non-hydrogen) atoms. The van der Waals surface area contributed by atoms with Crippen LogP contribution < -0.4 is 0 Å². The Morgan fingerprint density at radius 1 is 1.30 bits per heavy atom. The normalized spacial score (nSPS) is 22.3. The summed E-state index contributed by atoms with van der Waals surface area (Å²) in [5, 5.41) is 0. The molecule has 1 heterocycles. The van der Waals surface area contributed by atoms with Gasteiger partial charge < -0.3 is 0 Å². The third kappa shape index (κ3) is 3.42. The second-order valence-corrected chi connectivity index (χ2v) is 5.74. The highest BCUT2D eigenvalue weighted by atomic mass is 19.1. The van der Waals surface area contributed by atoms with Crippen molar-refractivity contribution in [3.63, 3.8) is 0 Å². The van der Waals surface area contributed by atoms with Crippen LogP contribution in [0.15, 0.2) is 18.2 Å². The largest absolute Gasteiger partial charge is 0.293 e. The summed E-state index contributed by atoms with van der Waals surface area (Å²) in [4.78, 5) is 14.5. The summed E-state index contributed by atoms with van der Waals surface area (Å²) in [5.74, 6) is -1.03. The summed E-state index contributed by atoms with van der Waals surface area (Å²) in [7, 11) is 0. The van der Waals surface area contributed by atoms with Gasteiger partial charge in [-0.15, -0.1) is 0 Å². The summed E-state index contributed by atoms with van der Waals surface area (Å²) in [6.45, 7) is 5.74. The molecule has 110 valence electrons. The summed E-state index contributed by atoms with van der Waals surface area (Å²) in [6.07, 6.45) is 3.29. The Bertz CT molecular complexity index is 489. The van der Waals surface area contributed by atoms with Gasteiger partial charge >= 0.3 is 0 Å². The van der Waals surface area contributed by atoms with Crippen LogP contribution in [0.3, 0.4) is 0 Å². The van der Waals surface area contributed by atoms with Gasteiger partial charge in [0.1, 0.15) is 11.6 Å². The molecule has 0 saturated carbocycles. The van der Waals surface area contributed by atoms with E-state index in [1.807, 2.05) is 0 Å². The molecular formula is C16H21F2NO. The van der Waals surface area contributed by atoms with Gasteiger partial charge in [-0.25, -0.2) is 8.78 Å². The molecule has 2 unspecified atom stereocenters. The number of nitrogens with zero attached hydrogens (tertiary/aromatic N) is 1. The van der Waals surface area contributed by atoms with Crippen LogP contribution in [0.4, 0.5) is 8.78 Å². The van der Waals surface area contributed by atoms with E-state index in [1.165, 1.54) is 12.5 Å². The minimum absolute atomic E-state index is 0.0174. The quantitative estimate of drug-likeness (QED) is 0.788. The molecule has 0 aromatic heterocycles. The molecule has 1 aromatic carbocycles. The number of halogens is 2. The predicted molar refractivity (Wildman–Crippen MR) is 74.7 cm³/mol. The number of ketones is 1. The molecule has 0 aliphatic carbocycles. The molecule has 1 saturated heterocycles. The maximum Gasteiger partial charge on any atom is 0.182 e. The Morgan fingerprint density at radius 2 is 2.05 bits per heavy atom. The van der Waals surface area contributed by atoms with Crippen LogP contribution in [0.1, 0.15) is 43.5 Å². The summed E-state index contributed by atoms with van der Waals surface area (Å²) >= 11 is 0. The van der Waals surface area contributed by atoms with Crippen LogP contribution in [0.25, 0.3) is 0 Å². The first-order valence-corrected chi connectivity index (χ1v) is 7.22. The number of carbonyl (C=O) groups is 1. The van der Waals surface area contributed by atoms with E-state index in [0.717, 1.165) is 38.1 Å². The summed E-state index contributed by atoms with van der Waals surface area (Å²) < 4.78 is 26.6. The highest BCUT2D eigenvalue weighted by Gasteiger charge is 2.26. The average Bonchev–Trinajstić information content (AvgIpc) is 2.62. The van der Waals surface area contributed by atoms with Crippen LogP contribution in [0, 0.1) is 17.6 Å². The molecule has 1 aliphatic rings. The molecule has 2 nitrogen and oxygen atoms in total. The van der Waals surface area contributed by atoms with Gasteiger partial charge in [0.2, 0.25) is 0 Å². The van der Waals surface area contributed by atoms with E-state index >= 15 is 0 Å². The number of Topliss-reactive ketones (excluding diaryl/α,β-unsaturated/α-hetero) is 1. The fourth-order valence-electron chi connectivity index (χ4n) is 2.75. The van der Waals surface area contributed by atoms with Crippen LogP contribution in [0.5, 0.6) is 0 Å². The molecule has 4 heteroatoms. The number of carbonyl (C=O) groups excluding carboxylic acids is 1. The zero-order valence-electron chi connectivity index (χ0n) is 12.0. The van der Waals surface area contributed by atoms with Gasteiger partial charge in [0.15, 0.2) is 5.78 Å². The Labute approximate surface area is 118 Å². The van der Waals surface area contributed by atoms with Crippen molar-refractivity contribution in [1.82, 2.24) is 4.90 Å². The van der Waals surface area contributed by atoms with Crippen LogP contribution in [-0.4, -0.2) is 29.8 Å². The number of benzene rings is 1. The highest BCUT2D eigenvalue weighted by Crippen LogP contribution is 2.20. The maximum absolute atomic E-state index is 13.7. The zero-order valence-corrected chi connectivity index (χ0v) is 12.0. The van der Waals surface area contributed by atoms with E-state index in [-0.39, 0.29) is 17.4 Å². The van der Waals surface area contributed by atoms with E-state index in [0.29, 0.717) is 5.92 Å². The second kappa shape index (κ2) is 6.44. The lowest BCUT2D eigenvalue weighted by Gasteiger charge is -2.26. The highest BCUT2D eigenvalue weighted by molar-refractivity contribution is 6.00. The zero-order chi connectivity index (χ0) is 14.7. The van der Waals surface area contributed by atoms with Gasteiger partial charge in [-0.2, -0.15) is 0 Å². The molecule has 0 amide bonds. The van der Waals surface area contributed by atoms with Gasteiger partial charge in [0.05, 0.1) is 11.6 Å². The molecule has 0 N–H and O–H groups in total. The molecule has 0 radical (unpaired) electrons. The lowest BCUT2D eigenvalue weighted by atomic mass is 10.0. The molecule has 1 fully saturated rings.